The van der Waals surface area contributed by atoms with E-state index >= 15 is 0 Å². The van der Waals surface area contributed by atoms with Gasteiger partial charge >= 0.3 is 11.9 Å². The van der Waals surface area contributed by atoms with Crippen molar-refractivity contribution in [3.05, 3.63) is 0 Å². The number of nitrogens with one attached hydrogen (secondary N) is 3. The molecule has 0 aliphatic heterocycles. The van der Waals surface area contributed by atoms with E-state index in [4.69, 9.17) is 27.4 Å². The second kappa shape index (κ2) is 15.5. The number of aliphatic carboxylic acids is 2. The van der Waals surface area contributed by atoms with Gasteiger partial charge < -0.3 is 48.5 Å². The number of hydrogen-bond donors (Lipinski definition) is 9. The van der Waals surface area contributed by atoms with Crippen molar-refractivity contribution in [3.8, 4) is 0 Å². The minimum absolute atomic E-state index is 0.0554. The molecule has 0 heterocycles. The SMILES string of the molecule is NCCCCC(NC(=O)C(N)CCC(N)=O)C(=O)NC(CO)C(=O)NC(CC(=O)O)C(=O)O. The van der Waals surface area contributed by atoms with Crippen molar-refractivity contribution in [2.24, 2.45) is 17.2 Å². The molecule has 0 aromatic heterocycles. The molecule has 0 aromatic carbocycles. The van der Waals surface area contributed by atoms with Gasteiger partial charge in [-0.15, -0.1) is 0 Å². The fourth-order valence-corrected chi connectivity index (χ4v) is 2.58. The molecule has 33 heavy (non-hydrogen) atoms. The molecule has 0 saturated heterocycles. The number of carbonyl (C=O) groups excluding carboxylic acids is 4. The minimum Gasteiger partial charge on any atom is -0.481 e. The van der Waals surface area contributed by atoms with Crippen LogP contribution in [0.1, 0.15) is 38.5 Å². The van der Waals surface area contributed by atoms with E-state index < -0.39 is 72.8 Å². The third kappa shape index (κ3) is 12.4. The Hall–Kier alpha value is -3.30. The van der Waals surface area contributed by atoms with Gasteiger partial charge in [-0.05, 0) is 32.2 Å². The average Bonchev–Trinajstić information content (AvgIpc) is 2.73. The first kappa shape index (κ1) is 29.7. The molecule has 0 aliphatic carbocycles. The molecule has 0 aromatic rings. The standard InChI is InChI=1S/C18H32N6O9/c19-6-2-1-3-10(22-15(29)9(20)4-5-13(21)26)16(30)24-12(8-25)17(31)23-11(18(32)33)7-14(27)28/h9-12,25H,1-8,19-20H2,(H2,21,26)(H,22,29)(H,23,31)(H,24,30)(H,27,28)(H,32,33). The van der Waals surface area contributed by atoms with Gasteiger partial charge in [0.2, 0.25) is 23.6 Å². The van der Waals surface area contributed by atoms with E-state index in [1.165, 1.54) is 0 Å². The maximum Gasteiger partial charge on any atom is 0.326 e. The molecule has 188 valence electrons. The van der Waals surface area contributed by atoms with Crippen molar-refractivity contribution >= 4 is 35.6 Å². The predicted octanol–water partition coefficient (Wildman–Crippen LogP) is -4.29. The highest BCUT2D eigenvalue weighted by Crippen LogP contribution is 2.04. The van der Waals surface area contributed by atoms with Crippen LogP contribution in [0.3, 0.4) is 0 Å². The largest absolute Gasteiger partial charge is 0.481 e. The lowest BCUT2D eigenvalue weighted by Gasteiger charge is -2.24. The first-order valence-electron chi connectivity index (χ1n) is 10.1. The van der Waals surface area contributed by atoms with E-state index in [0.717, 1.165) is 0 Å². The van der Waals surface area contributed by atoms with Crippen molar-refractivity contribution in [1.29, 1.82) is 0 Å². The highest BCUT2D eigenvalue weighted by atomic mass is 16.4. The third-order valence-corrected chi connectivity index (χ3v) is 4.43. The molecule has 0 bridgehead atoms. The number of amides is 4. The Balaban J connectivity index is 5.25. The summed E-state index contributed by atoms with van der Waals surface area (Å²) in [5, 5.41) is 33.7. The quantitative estimate of drug-likeness (QED) is 0.0905. The molecular formula is C18H32N6O9. The fourth-order valence-electron chi connectivity index (χ4n) is 2.58. The lowest BCUT2D eigenvalue weighted by atomic mass is 10.1. The molecule has 4 unspecified atom stereocenters. The molecule has 15 heteroatoms. The molecule has 4 amide bonds. The summed E-state index contributed by atoms with van der Waals surface area (Å²) in [7, 11) is 0. The number of rotatable bonds is 17. The first-order valence-corrected chi connectivity index (χ1v) is 10.1. The summed E-state index contributed by atoms with van der Waals surface area (Å²) < 4.78 is 0. The zero-order valence-electron chi connectivity index (χ0n) is 18.0. The number of primary amides is 1. The summed E-state index contributed by atoms with van der Waals surface area (Å²) >= 11 is 0. The van der Waals surface area contributed by atoms with Gasteiger partial charge in [0.05, 0.1) is 19.1 Å². The van der Waals surface area contributed by atoms with Gasteiger partial charge in [-0.1, -0.05) is 0 Å². The van der Waals surface area contributed by atoms with E-state index in [1.807, 2.05) is 5.32 Å². The highest BCUT2D eigenvalue weighted by Gasteiger charge is 2.30. The number of carbonyl (C=O) groups is 6. The van der Waals surface area contributed by atoms with Crippen LogP contribution < -0.4 is 33.2 Å². The van der Waals surface area contributed by atoms with Crippen LogP contribution >= 0.6 is 0 Å². The molecule has 15 nitrogen and oxygen atoms in total. The van der Waals surface area contributed by atoms with Crippen LogP contribution in [0.25, 0.3) is 0 Å². The zero-order valence-corrected chi connectivity index (χ0v) is 18.0. The molecule has 0 fully saturated rings. The number of hydrogen-bond acceptors (Lipinski definition) is 9. The maximum absolute atomic E-state index is 12.7. The average molecular weight is 476 g/mol. The molecule has 0 saturated carbocycles. The Bertz CT molecular complexity index is 718. The van der Waals surface area contributed by atoms with Crippen LogP contribution in [0.4, 0.5) is 0 Å². The van der Waals surface area contributed by atoms with Crippen LogP contribution in [0, 0.1) is 0 Å². The molecule has 0 radical (unpaired) electrons. The summed E-state index contributed by atoms with van der Waals surface area (Å²) in [6.45, 7) is -0.610. The van der Waals surface area contributed by atoms with Gasteiger partial charge in [0, 0.05) is 6.42 Å². The highest BCUT2D eigenvalue weighted by molar-refractivity contribution is 5.94. The monoisotopic (exact) mass is 476 g/mol. The minimum atomic E-state index is -1.79. The van der Waals surface area contributed by atoms with E-state index in [-0.39, 0.29) is 19.3 Å². The third-order valence-electron chi connectivity index (χ3n) is 4.43. The topological polar surface area (TPSA) is 277 Å². The Morgan fingerprint density at radius 2 is 1.33 bits per heavy atom. The normalized spacial score (nSPS) is 14.3. The Morgan fingerprint density at radius 3 is 1.82 bits per heavy atom. The molecule has 12 N–H and O–H groups in total. The molecule has 0 aliphatic rings. The second-order valence-electron chi connectivity index (χ2n) is 7.20. The number of aliphatic hydroxyl groups excluding tert-OH is 1. The van der Waals surface area contributed by atoms with Crippen molar-refractivity contribution in [1.82, 2.24) is 16.0 Å². The lowest BCUT2D eigenvalue weighted by Crippen LogP contribution is -2.58. The Labute approximate surface area is 189 Å². The predicted molar refractivity (Wildman–Crippen MR) is 112 cm³/mol. The van der Waals surface area contributed by atoms with Crippen molar-refractivity contribution < 1.29 is 44.1 Å². The van der Waals surface area contributed by atoms with Crippen LogP contribution in [0.5, 0.6) is 0 Å². The second-order valence-corrected chi connectivity index (χ2v) is 7.20. The molecule has 0 rings (SSSR count). The first-order chi connectivity index (χ1) is 15.4. The fraction of sp³-hybridized carbons (Fsp3) is 0.667. The summed E-state index contributed by atoms with van der Waals surface area (Å²) in [5.74, 6) is -6.52. The van der Waals surface area contributed by atoms with E-state index in [2.05, 4.69) is 10.6 Å². The van der Waals surface area contributed by atoms with Crippen molar-refractivity contribution in [3.63, 3.8) is 0 Å². The van der Waals surface area contributed by atoms with E-state index in [9.17, 15) is 33.9 Å². The number of carboxylic acid groups (broad SMARTS) is 2. The number of unbranched alkanes of at least 4 members (excludes halogenated alkanes) is 1. The van der Waals surface area contributed by atoms with Crippen molar-refractivity contribution in [2.75, 3.05) is 13.2 Å². The van der Waals surface area contributed by atoms with Gasteiger partial charge in [-0.2, -0.15) is 0 Å². The summed E-state index contributed by atoms with van der Waals surface area (Å²) in [5.41, 5.74) is 16.1. The molecule has 0 spiro atoms. The van der Waals surface area contributed by atoms with Gasteiger partial charge in [0.1, 0.15) is 18.1 Å². The van der Waals surface area contributed by atoms with Crippen LogP contribution in [0.2, 0.25) is 0 Å². The summed E-state index contributed by atoms with van der Waals surface area (Å²) in [4.78, 5) is 69.9. The van der Waals surface area contributed by atoms with Gasteiger partial charge in [-0.25, -0.2) is 4.79 Å². The number of aliphatic hydroxyl groups is 1. The van der Waals surface area contributed by atoms with Crippen LogP contribution in [0.15, 0.2) is 0 Å². The smallest absolute Gasteiger partial charge is 0.326 e. The van der Waals surface area contributed by atoms with Crippen LogP contribution in [-0.2, 0) is 28.8 Å². The Morgan fingerprint density at radius 1 is 0.788 bits per heavy atom. The van der Waals surface area contributed by atoms with Gasteiger partial charge in [-0.3, -0.25) is 24.0 Å². The summed E-state index contributed by atoms with van der Waals surface area (Å²) in [6, 6.07) is -5.72. The van der Waals surface area contributed by atoms with Crippen LogP contribution in [-0.4, -0.2) is 88.2 Å². The number of nitrogens with two attached hydrogens (primary N) is 3. The Kier molecular flexibility index (Phi) is 13.9. The van der Waals surface area contributed by atoms with Gasteiger partial charge in [0.25, 0.3) is 0 Å². The maximum atomic E-state index is 12.7. The van der Waals surface area contributed by atoms with Gasteiger partial charge in [0.15, 0.2) is 0 Å². The summed E-state index contributed by atoms with van der Waals surface area (Å²) in [6.07, 6.45) is -0.0809. The zero-order chi connectivity index (χ0) is 25.6. The van der Waals surface area contributed by atoms with E-state index in [0.29, 0.717) is 19.4 Å². The number of carboxylic acids is 2. The molecule has 4 atom stereocenters. The van der Waals surface area contributed by atoms with E-state index in [1.54, 1.807) is 0 Å². The molecular weight excluding hydrogens is 444 g/mol. The lowest BCUT2D eigenvalue weighted by molar-refractivity contribution is -0.147. The van der Waals surface area contributed by atoms with Crippen molar-refractivity contribution in [2.45, 2.75) is 62.7 Å².